The van der Waals surface area contributed by atoms with E-state index < -0.39 is 5.97 Å². The van der Waals surface area contributed by atoms with Gasteiger partial charge in [0.05, 0.1) is 7.11 Å². The van der Waals surface area contributed by atoms with Gasteiger partial charge < -0.3 is 19.5 Å². The standard InChI is InChI=1S/C15H21NO5/c1-11(9-19-2)7-14(17)16-12-5-4-6-13(8-12)21-10-15(18)20-3/h4-6,8,11H,7,9-10H2,1-3H3,(H,16,17). The molecule has 116 valence electrons. The normalized spacial score (nSPS) is 11.6. The van der Waals surface area contributed by atoms with E-state index in [1.54, 1.807) is 31.4 Å². The van der Waals surface area contributed by atoms with Crippen molar-refractivity contribution in [3.8, 4) is 5.75 Å². The fraction of sp³-hybridized carbons (Fsp3) is 0.467. The van der Waals surface area contributed by atoms with Crippen LogP contribution in [0.5, 0.6) is 5.75 Å². The predicted molar refractivity (Wildman–Crippen MR) is 78.2 cm³/mol. The molecule has 0 saturated carbocycles. The molecule has 0 radical (unpaired) electrons. The third kappa shape index (κ3) is 6.76. The molecule has 0 saturated heterocycles. The van der Waals surface area contributed by atoms with Gasteiger partial charge in [-0.2, -0.15) is 0 Å². The Labute approximate surface area is 124 Å². The van der Waals surface area contributed by atoms with Gasteiger partial charge in [0.15, 0.2) is 6.61 Å². The van der Waals surface area contributed by atoms with Gasteiger partial charge in [0, 0.05) is 31.9 Å². The van der Waals surface area contributed by atoms with Gasteiger partial charge in [0.2, 0.25) is 5.91 Å². The van der Waals surface area contributed by atoms with Gasteiger partial charge in [-0.1, -0.05) is 13.0 Å². The van der Waals surface area contributed by atoms with Crippen molar-refractivity contribution >= 4 is 17.6 Å². The lowest BCUT2D eigenvalue weighted by Gasteiger charge is -2.11. The van der Waals surface area contributed by atoms with E-state index in [0.29, 0.717) is 24.5 Å². The van der Waals surface area contributed by atoms with Crippen LogP contribution in [0.25, 0.3) is 0 Å². The number of esters is 1. The summed E-state index contributed by atoms with van der Waals surface area (Å²) in [6.45, 7) is 2.31. The molecule has 21 heavy (non-hydrogen) atoms. The Morgan fingerprint density at radius 3 is 2.71 bits per heavy atom. The molecular weight excluding hydrogens is 274 g/mol. The van der Waals surface area contributed by atoms with E-state index >= 15 is 0 Å². The summed E-state index contributed by atoms with van der Waals surface area (Å²) in [4.78, 5) is 22.8. The van der Waals surface area contributed by atoms with Crippen LogP contribution in [0, 0.1) is 5.92 Å². The van der Waals surface area contributed by atoms with Crippen LogP contribution in [0.1, 0.15) is 13.3 Å². The fourth-order valence-electron chi connectivity index (χ4n) is 1.74. The maximum absolute atomic E-state index is 11.8. The predicted octanol–water partition coefficient (Wildman–Crippen LogP) is 1.85. The number of carbonyl (C=O) groups is 2. The fourth-order valence-corrected chi connectivity index (χ4v) is 1.74. The second-order valence-electron chi connectivity index (χ2n) is 4.71. The zero-order valence-corrected chi connectivity index (χ0v) is 12.5. The number of ether oxygens (including phenoxy) is 3. The molecule has 1 aromatic carbocycles. The quantitative estimate of drug-likeness (QED) is 0.741. The average molecular weight is 295 g/mol. The van der Waals surface area contributed by atoms with E-state index in [1.807, 2.05) is 6.92 Å². The van der Waals surface area contributed by atoms with Crippen molar-refractivity contribution in [2.45, 2.75) is 13.3 Å². The number of anilines is 1. The highest BCUT2D eigenvalue weighted by atomic mass is 16.6. The molecule has 1 atom stereocenters. The summed E-state index contributed by atoms with van der Waals surface area (Å²) >= 11 is 0. The Morgan fingerprint density at radius 2 is 2.05 bits per heavy atom. The van der Waals surface area contributed by atoms with Crippen molar-refractivity contribution in [2.75, 3.05) is 32.8 Å². The second-order valence-corrected chi connectivity index (χ2v) is 4.71. The lowest BCUT2D eigenvalue weighted by molar-refractivity contribution is -0.142. The first-order valence-electron chi connectivity index (χ1n) is 6.63. The third-order valence-electron chi connectivity index (χ3n) is 2.69. The summed E-state index contributed by atoms with van der Waals surface area (Å²) < 4.78 is 14.7. The number of amides is 1. The largest absolute Gasteiger partial charge is 0.482 e. The summed E-state index contributed by atoms with van der Waals surface area (Å²) in [5, 5.41) is 2.78. The molecule has 1 rings (SSSR count). The number of carbonyl (C=O) groups excluding carboxylic acids is 2. The molecular formula is C15H21NO5. The summed E-state index contributed by atoms with van der Waals surface area (Å²) in [5.74, 6) is 0.0828. The molecule has 0 aliphatic rings. The average Bonchev–Trinajstić information content (AvgIpc) is 2.45. The minimum Gasteiger partial charge on any atom is -0.482 e. The molecule has 0 aromatic heterocycles. The first-order valence-corrected chi connectivity index (χ1v) is 6.63. The van der Waals surface area contributed by atoms with Gasteiger partial charge in [0.1, 0.15) is 5.75 Å². The zero-order valence-electron chi connectivity index (χ0n) is 12.5. The summed E-state index contributed by atoms with van der Waals surface area (Å²) in [5.41, 5.74) is 0.618. The lowest BCUT2D eigenvalue weighted by Crippen LogP contribution is -2.17. The molecule has 1 N–H and O–H groups in total. The molecule has 1 unspecified atom stereocenters. The van der Waals surface area contributed by atoms with Crippen LogP contribution in [0.3, 0.4) is 0 Å². The highest BCUT2D eigenvalue weighted by molar-refractivity contribution is 5.91. The van der Waals surface area contributed by atoms with E-state index in [1.165, 1.54) is 7.11 Å². The molecule has 0 fully saturated rings. The van der Waals surface area contributed by atoms with Gasteiger partial charge >= 0.3 is 5.97 Å². The van der Waals surface area contributed by atoms with Crippen LogP contribution in [0.15, 0.2) is 24.3 Å². The number of hydrogen-bond donors (Lipinski definition) is 1. The van der Waals surface area contributed by atoms with E-state index in [0.717, 1.165) is 0 Å². The number of hydrogen-bond acceptors (Lipinski definition) is 5. The Morgan fingerprint density at radius 1 is 1.29 bits per heavy atom. The summed E-state index contributed by atoms with van der Waals surface area (Å²) in [6, 6.07) is 6.85. The van der Waals surface area contributed by atoms with Crippen LogP contribution in [0.2, 0.25) is 0 Å². The van der Waals surface area contributed by atoms with E-state index in [9.17, 15) is 9.59 Å². The van der Waals surface area contributed by atoms with Gasteiger partial charge in [-0.25, -0.2) is 4.79 Å². The molecule has 0 spiro atoms. The first kappa shape index (κ1) is 17.0. The molecule has 0 aliphatic heterocycles. The van der Waals surface area contributed by atoms with Crippen molar-refractivity contribution in [1.82, 2.24) is 0 Å². The lowest BCUT2D eigenvalue weighted by atomic mass is 10.1. The summed E-state index contributed by atoms with van der Waals surface area (Å²) in [7, 11) is 2.90. The number of methoxy groups -OCH3 is 2. The van der Waals surface area contributed by atoms with Crippen molar-refractivity contribution < 1.29 is 23.8 Å². The monoisotopic (exact) mass is 295 g/mol. The van der Waals surface area contributed by atoms with E-state index in [4.69, 9.17) is 9.47 Å². The van der Waals surface area contributed by atoms with Crippen molar-refractivity contribution in [1.29, 1.82) is 0 Å². The van der Waals surface area contributed by atoms with Gasteiger partial charge in [-0.15, -0.1) is 0 Å². The van der Waals surface area contributed by atoms with Crippen LogP contribution in [-0.2, 0) is 19.1 Å². The smallest absolute Gasteiger partial charge is 0.343 e. The first-order chi connectivity index (χ1) is 10.0. The Hall–Kier alpha value is -2.08. The van der Waals surface area contributed by atoms with E-state index in [-0.39, 0.29) is 18.4 Å². The minimum absolute atomic E-state index is 0.0929. The van der Waals surface area contributed by atoms with Gasteiger partial charge in [-0.05, 0) is 18.1 Å². The number of nitrogens with one attached hydrogen (secondary N) is 1. The molecule has 1 aromatic rings. The second kappa shape index (κ2) is 8.97. The highest BCUT2D eigenvalue weighted by Gasteiger charge is 2.10. The maximum Gasteiger partial charge on any atom is 0.343 e. The van der Waals surface area contributed by atoms with Gasteiger partial charge in [0.25, 0.3) is 0 Å². The molecule has 0 heterocycles. The molecule has 0 aliphatic carbocycles. The molecule has 1 amide bonds. The Kier molecular flexibility index (Phi) is 7.25. The van der Waals surface area contributed by atoms with Crippen molar-refractivity contribution in [3.63, 3.8) is 0 Å². The molecule has 6 heteroatoms. The molecule has 0 bridgehead atoms. The minimum atomic E-state index is -0.460. The summed E-state index contributed by atoms with van der Waals surface area (Å²) in [6.07, 6.45) is 0.376. The Bertz CT molecular complexity index is 475. The topological polar surface area (TPSA) is 73.9 Å². The van der Waals surface area contributed by atoms with Crippen molar-refractivity contribution in [2.24, 2.45) is 5.92 Å². The maximum atomic E-state index is 11.8. The number of benzene rings is 1. The van der Waals surface area contributed by atoms with Crippen molar-refractivity contribution in [3.05, 3.63) is 24.3 Å². The molecule has 6 nitrogen and oxygen atoms in total. The van der Waals surface area contributed by atoms with Crippen LogP contribution in [-0.4, -0.2) is 39.3 Å². The zero-order chi connectivity index (χ0) is 15.7. The van der Waals surface area contributed by atoms with Gasteiger partial charge in [-0.3, -0.25) is 4.79 Å². The van der Waals surface area contributed by atoms with Crippen LogP contribution >= 0.6 is 0 Å². The third-order valence-corrected chi connectivity index (χ3v) is 2.69. The van der Waals surface area contributed by atoms with E-state index in [2.05, 4.69) is 10.1 Å². The highest BCUT2D eigenvalue weighted by Crippen LogP contribution is 2.18. The SMILES string of the molecule is COCC(C)CC(=O)Nc1cccc(OCC(=O)OC)c1. The van der Waals surface area contributed by atoms with Crippen LogP contribution < -0.4 is 10.1 Å². The van der Waals surface area contributed by atoms with Crippen LogP contribution in [0.4, 0.5) is 5.69 Å². The Balaban J connectivity index is 2.52. The number of rotatable bonds is 8.